The van der Waals surface area contributed by atoms with Gasteiger partial charge >= 0.3 is 6.18 Å². The second-order valence-electron chi connectivity index (χ2n) is 8.12. The first-order chi connectivity index (χ1) is 16.5. The molecule has 1 heterocycles. The summed E-state index contributed by atoms with van der Waals surface area (Å²) in [5.74, 6) is -0.416. The molecule has 1 aliphatic rings. The van der Waals surface area contributed by atoms with Crippen LogP contribution in [0.3, 0.4) is 0 Å². The molecule has 0 aromatic heterocycles. The van der Waals surface area contributed by atoms with Gasteiger partial charge in [0.25, 0.3) is 15.9 Å². The smallest absolute Gasteiger partial charge is 0.322 e. The van der Waals surface area contributed by atoms with E-state index in [0.717, 1.165) is 30.0 Å². The van der Waals surface area contributed by atoms with E-state index in [4.69, 9.17) is 0 Å². The van der Waals surface area contributed by atoms with Crippen LogP contribution in [0.5, 0.6) is 0 Å². The van der Waals surface area contributed by atoms with Crippen molar-refractivity contribution in [2.45, 2.75) is 31.3 Å². The minimum Gasteiger partial charge on any atom is -0.322 e. The fourth-order valence-corrected chi connectivity index (χ4v) is 4.98. The van der Waals surface area contributed by atoms with Gasteiger partial charge in [-0.2, -0.15) is 21.6 Å². The molecule has 1 amide bonds. The van der Waals surface area contributed by atoms with Gasteiger partial charge in [0.1, 0.15) is 10.7 Å². The molecule has 1 atom stereocenters. The second-order valence-corrected chi connectivity index (χ2v) is 9.69. The van der Waals surface area contributed by atoms with Gasteiger partial charge in [-0.15, -0.1) is 4.40 Å². The number of sulfonamides is 1. The lowest BCUT2D eigenvalue weighted by Gasteiger charge is -2.33. The zero-order valence-corrected chi connectivity index (χ0v) is 19.7. The molecule has 1 N–H and O–H groups in total. The maximum absolute atomic E-state index is 13.1. The quantitative estimate of drug-likeness (QED) is 0.449. The maximum Gasteiger partial charge on any atom is 0.416 e. The van der Waals surface area contributed by atoms with Gasteiger partial charge in [-0.1, -0.05) is 32.0 Å². The van der Waals surface area contributed by atoms with Crippen molar-refractivity contribution in [3.8, 4) is 0 Å². The third-order valence-corrected chi connectivity index (χ3v) is 7.03. The van der Waals surface area contributed by atoms with Gasteiger partial charge in [0, 0.05) is 22.9 Å². The number of rotatable bonds is 5. The molecule has 0 aliphatic carbocycles. The van der Waals surface area contributed by atoms with Gasteiger partial charge in [0.05, 0.1) is 11.3 Å². The molecule has 182 valence electrons. The molecular weight excluding hydrogens is 479 g/mol. The highest BCUT2D eigenvalue weighted by molar-refractivity contribution is 7.90. The van der Waals surface area contributed by atoms with Gasteiger partial charge in [-0.05, 0) is 61.0 Å². The number of hydrogen-bond acceptors (Lipinski definition) is 4. The minimum absolute atomic E-state index is 0.00145. The van der Waals surface area contributed by atoms with Crippen LogP contribution < -0.4 is 10.2 Å². The van der Waals surface area contributed by atoms with Crippen molar-refractivity contribution in [1.82, 2.24) is 0 Å². The highest BCUT2D eigenvalue weighted by Crippen LogP contribution is 2.40. The van der Waals surface area contributed by atoms with Crippen LogP contribution in [-0.2, 0) is 16.2 Å². The maximum atomic E-state index is 13.1. The van der Waals surface area contributed by atoms with E-state index >= 15 is 0 Å². The van der Waals surface area contributed by atoms with Gasteiger partial charge < -0.3 is 5.32 Å². The molecule has 0 radical (unpaired) electrons. The van der Waals surface area contributed by atoms with Crippen molar-refractivity contribution in [3.05, 3.63) is 83.9 Å². The molecule has 3 aromatic rings. The number of halogens is 3. The molecule has 6 nitrogen and oxygen atoms in total. The third-order valence-electron chi connectivity index (χ3n) is 5.72. The summed E-state index contributed by atoms with van der Waals surface area (Å²) in [5, 5.41) is 2.55. The number of carbonyl (C=O) groups is 1. The first-order valence-electron chi connectivity index (χ1n) is 10.8. The van der Waals surface area contributed by atoms with Gasteiger partial charge in [0.15, 0.2) is 0 Å². The Labute approximate surface area is 201 Å². The second kappa shape index (κ2) is 9.18. The van der Waals surface area contributed by atoms with E-state index in [0.29, 0.717) is 17.9 Å². The van der Waals surface area contributed by atoms with Crippen LogP contribution in [0.25, 0.3) is 0 Å². The molecule has 0 fully saturated rings. The molecule has 4 rings (SSSR count). The standard InChI is InChI=1S/C25H22F3N3O3S/c1-3-16(2)23-30-35(33,34)22-15-19(13-14-21(22)31(23)20-7-5-4-6-8-20)29-24(32)17-9-11-18(12-10-17)25(26,27)28/h4-16H,3H2,1-2H3,(H,29,32). The SMILES string of the molecule is CCC(C)C1=NS(=O)(=O)c2cc(NC(=O)c3ccc(C(F)(F)F)cc3)ccc2N1c1ccccc1. The summed E-state index contributed by atoms with van der Waals surface area (Å²) in [5.41, 5.74) is 0.442. The lowest BCUT2D eigenvalue weighted by Crippen LogP contribution is -2.36. The minimum atomic E-state index is -4.51. The number of hydrogen-bond donors (Lipinski definition) is 1. The summed E-state index contributed by atoms with van der Waals surface area (Å²) in [4.78, 5) is 14.3. The first kappa shape index (κ1) is 24.5. The highest BCUT2D eigenvalue weighted by atomic mass is 32.2. The topological polar surface area (TPSA) is 78.8 Å². The number of benzene rings is 3. The highest BCUT2D eigenvalue weighted by Gasteiger charge is 2.34. The molecule has 0 spiro atoms. The molecule has 35 heavy (non-hydrogen) atoms. The zero-order chi connectivity index (χ0) is 25.4. The first-order valence-corrected chi connectivity index (χ1v) is 12.3. The summed E-state index contributed by atoms with van der Waals surface area (Å²) in [7, 11) is -4.06. The summed E-state index contributed by atoms with van der Waals surface area (Å²) >= 11 is 0. The Morgan fingerprint density at radius 2 is 1.69 bits per heavy atom. The Hall–Kier alpha value is -3.66. The Bertz CT molecular complexity index is 1390. The Balaban J connectivity index is 1.70. The van der Waals surface area contributed by atoms with Gasteiger partial charge in [0.2, 0.25) is 0 Å². The number of amidine groups is 1. The predicted molar refractivity (Wildman–Crippen MR) is 128 cm³/mol. The van der Waals surface area contributed by atoms with Crippen molar-refractivity contribution in [2.24, 2.45) is 10.3 Å². The molecule has 1 aliphatic heterocycles. The fraction of sp³-hybridized carbons (Fsp3) is 0.200. The van der Waals surface area contributed by atoms with Crippen molar-refractivity contribution >= 4 is 38.8 Å². The Morgan fingerprint density at radius 3 is 2.29 bits per heavy atom. The molecular formula is C25H22F3N3O3S. The van der Waals surface area contributed by atoms with Gasteiger partial charge in [-0.3, -0.25) is 9.69 Å². The summed E-state index contributed by atoms with van der Waals surface area (Å²) in [6.07, 6.45) is -3.84. The largest absolute Gasteiger partial charge is 0.416 e. The van der Waals surface area contributed by atoms with Crippen molar-refractivity contribution in [2.75, 3.05) is 10.2 Å². The van der Waals surface area contributed by atoms with Crippen molar-refractivity contribution in [1.29, 1.82) is 0 Å². The lowest BCUT2D eigenvalue weighted by molar-refractivity contribution is -0.137. The number of para-hydroxylation sites is 1. The van der Waals surface area contributed by atoms with E-state index in [-0.39, 0.29) is 22.1 Å². The lowest BCUT2D eigenvalue weighted by atomic mass is 10.1. The number of carbonyl (C=O) groups excluding carboxylic acids is 1. The molecule has 3 aromatic carbocycles. The molecule has 1 unspecified atom stereocenters. The average molecular weight is 502 g/mol. The van der Waals surface area contributed by atoms with Crippen LogP contribution >= 0.6 is 0 Å². The molecule has 0 bridgehead atoms. The van der Waals surface area contributed by atoms with Crippen LogP contribution in [0.1, 0.15) is 36.2 Å². The van der Waals surface area contributed by atoms with Gasteiger partial charge in [-0.25, -0.2) is 0 Å². The van der Waals surface area contributed by atoms with E-state index in [2.05, 4.69) is 9.71 Å². The molecule has 10 heteroatoms. The number of nitrogens with zero attached hydrogens (tertiary/aromatic N) is 2. The fourth-order valence-electron chi connectivity index (χ4n) is 3.67. The Morgan fingerprint density at radius 1 is 1.03 bits per heavy atom. The summed E-state index contributed by atoms with van der Waals surface area (Å²) in [6.45, 7) is 3.84. The van der Waals surface area contributed by atoms with E-state index < -0.39 is 27.7 Å². The van der Waals surface area contributed by atoms with Crippen LogP contribution in [-0.4, -0.2) is 20.2 Å². The number of amides is 1. The number of alkyl halides is 3. The third kappa shape index (κ3) is 4.93. The zero-order valence-electron chi connectivity index (χ0n) is 18.9. The normalized spacial score (nSPS) is 15.7. The molecule has 0 saturated carbocycles. The Kier molecular flexibility index (Phi) is 6.42. The van der Waals surface area contributed by atoms with Crippen molar-refractivity contribution in [3.63, 3.8) is 0 Å². The van der Waals surface area contributed by atoms with E-state index in [1.807, 2.05) is 44.2 Å². The predicted octanol–water partition coefficient (Wildman–Crippen LogP) is 6.24. The summed E-state index contributed by atoms with van der Waals surface area (Å²) in [6, 6.07) is 17.4. The number of nitrogens with one attached hydrogen (secondary N) is 1. The van der Waals surface area contributed by atoms with Crippen LogP contribution in [0, 0.1) is 5.92 Å². The number of anilines is 3. The molecule has 0 saturated heterocycles. The monoisotopic (exact) mass is 501 g/mol. The number of fused-ring (bicyclic) bond motifs is 1. The van der Waals surface area contributed by atoms with E-state index in [9.17, 15) is 26.4 Å². The average Bonchev–Trinajstić information content (AvgIpc) is 2.83. The summed E-state index contributed by atoms with van der Waals surface area (Å²) < 4.78 is 68.6. The van der Waals surface area contributed by atoms with Crippen LogP contribution in [0.2, 0.25) is 0 Å². The van der Waals surface area contributed by atoms with Crippen LogP contribution in [0.15, 0.2) is 82.1 Å². The van der Waals surface area contributed by atoms with Crippen molar-refractivity contribution < 1.29 is 26.4 Å². The van der Waals surface area contributed by atoms with E-state index in [1.165, 1.54) is 6.07 Å². The van der Waals surface area contributed by atoms with E-state index in [1.54, 1.807) is 17.0 Å². The van der Waals surface area contributed by atoms with Crippen LogP contribution in [0.4, 0.5) is 30.2 Å².